The second-order valence-electron chi connectivity index (χ2n) is 9.73. The number of hydrogen-bond donors (Lipinski definition) is 2. The van der Waals surface area contributed by atoms with Crippen LogP contribution >= 0.6 is 27.5 Å². The number of aryl methyl sites for hydroxylation is 2. The molecule has 9 nitrogen and oxygen atoms in total. The number of furan rings is 1. The molecule has 44 heavy (non-hydrogen) atoms. The number of hydrogen-bond acceptors (Lipinski definition) is 6. The number of anilines is 1. The molecule has 2 amide bonds. The molecule has 0 saturated heterocycles. The highest BCUT2D eigenvalue weighted by Gasteiger charge is 2.12. The predicted molar refractivity (Wildman–Crippen MR) is 173 cm³/mol. The first-order valence-corrected chi connectivity index (χ1v) is 14.7. The zero-order valence-corrected chi connectivity index (χ0v) is 26.2. The number of benzene rings is 3. The molecule has 0 radical (unpaired) electrons. The van der Waals surface area contributed by atoms with Gasteiger partial charge in [0, 0.05) is 27.8 Å². The van der Waals surface area contributed by atoms with E-state index in [0.717, 1.165) is 17.1 Å². The minimum atomic E-state index is -0.500. The lowest BCUT2D eigenvalue weighted by Crippen LogP contribution is -2.20. The maximum atomic E-state index is 12.5. The number of rotatable bonds is 11. The Morgan fingerprint density at radius 2 is 1.66 bits per heavy atom. The van der Waals surface area contributed by atoms with Gasteiger partial charge in [-0.15, -0.1) is 0 Å². The van der Waals surface area contributed by atoms with Gasteiger partial charge in [0.05, 0.1) is 10.7 Å². The number of carbonyl (C=O) groups is 2. The van der Waals surface area contributed by atoms with Gasteiger partial charge in [-0.05, 0) is 126 Å². The van der Waals surface area contributed by atoms with Crippen LogP contribution < -0.4 is 20.2 Å². The van der Waals surface area contributed by atoms with Crippen molar-refractivity contribution in [2.75, 3.05) is 11.9 Å². The topological polar surface area (TPSA) is 107 Å². The normalized spacial score (nSPS) is 11.0. The Morgan fingerprint density at radius 3 is 2.36 bits per heavy atom. The first-order valence-electron chi connectivity index (χ1n) is 13.5. The number of nitrogens with zero attached hydrogens (tertiary/aromatic N) is 2. The van der Waals surface area contributed by atoms with Crippen molar-refractivity contribution < 1.29 is 23.5 Å². The summed E-state index contributed by atoms with van der Waals surface area (Å²) in [5.74, 6) is 0.961. The van der Waals surface area contributed by atoms with Crippen LogP contribution in [-0.4, -0.2) is 29.2 Å². The van der Waals surface area contributed by atoms with Gasteiger partial charge in [-0.3, -0.25) is 9.59 Å². The van der Waals surface area contributed by atoms with Crippen LogP contribution in [0.3, 0.4) is 0 Å². The average molecular weight is 676 g/mol. The van der Waals surface area contributed by atoms with E-state index >= 15 is 0 Å². The highest BCUT2D eigenvalue weighted by atomic mass is 79.9. The van der Waals surface area contributed by atoms with Gasteiger partial charge in [0.2, 0.25) is 0 Å². The van der Waals surface area contributed by atoms with Crippen molar-refractivity contribution in [3.8, 4) is 17.2 Å². The summed E-state index contributed by atoms with van der Waals surface area (Å²) in [7, 11) is 0. The van der Waals surface area contributed by atoms with E-state index in [4.69, 9.17) is 25.5 Å². The number of carbonyl (C=O) groups excluding carboxylic acids is 2. The molecule has 0 atom stereocenters. The highest BCUT2D eigenvalue weighted by molar-refractivity contribution is 9.10. The lowest BCUT2D eigenvalue weighted by molar-refractivity contribution is -0.118. The summed E-state index contributed by atoms with van der Waals surface area (Å²) in [4.78, 5) is 24.7. The van der Waals surface area contributed by atoms with Crippen molar-refractivity contribution in [1.82, 2.24) is 9.99 Å². The van der Waals surface area contributed by atoms with Gasteiger partial charge in [0.15, 0.2) is 12.4 Å². The zero-order chi connectivity index (χ0) is 31.1. The monoisotopic (exact) mass is 674 g/mol. The van der Waals surface area contributed by atoms with Crippen molar-refractivity contribution in [1.29, 1.82) is 0 Å². The van der Waals surface area contributed by atoms with E-state index in [1.54, 1.807) is 54.6 Å². The Morgan fingerprint density at radius 1 is 0.932 bits per heavy atom. The molecule has 0 aliphatic carbocycles. The van der Waals surface area contributed by atoms with Crippen molar-refractivity contribution in [3.05, 3.63) is 129 Å². The van der Waals surface area contributed by atoms with Crippen LogP contribution in [-0.2, 0) is 11.4 Å². The summed E-state index contributed by atoms with van der Waals surface area (Å²) in [5, 5.41) is 7.32. The van der Waals surface area contributed by atoms with Crippen LogP contribution in [0.1, 0.15) is 33.3 Å². The number of aromatic nitrogens is 1. The van der Waals surface area contributed by atoms with E-state index in [2.05, 4.69) is 62.3 Å². The van der Waals surface area contributed by atoms with Gasteiger partial charge in [0.25, 0.3) is 5.91 Å². The van der Waals surface area contributed by atoms with Crippen molar-refractivity contribution in [3.63, 3.8) is 0 Å². The molecule has 224 valence electrons. The van der Waals surface area contributed by atoms with Crippen LogP contribution in [0.5, 0.6) is 11.5 Å². The molecule has 0 saturated carbocycles. The predicted octanol–water partition coefficient (Wildman–Crippen LogP) is 7.46. The molecule has 0 bridgehead atoms. The van der Waals surface area contributed by atoms with Crippen LogP contribution in [0.2, 0.25) is 5.02 Å². The standard InChI is InChI=1S/C33H28BrClN4O5/c1-21-3-4-22(2)39(21)26-10-12-27(13-11-26)42-19-28-14-16-31(44-28)33(41)38-36-18-23-5-15-30(29(34)17-23)43-20-32(40)37-25-8-6-24(35)7-9-25/h3-18H,19-20H2,1-2H3,(H,37,40)(H,38,41)/b36-18+. The van der Waals surface area contributed by atoms with Crippen LogP contribution in [0.4, 0.5) is 5.69 Å². The molecule has 2 aromatic heterocycles. The zero-order valence-electron chi connectivity index (χ0n) is 23.8. The van der Waals surface area contributed by atoms with Gasteiger partial charge in [-0.2, -0.15) is 5.10 Å². The highest BCUT2D eigenvalue weighted by Crippen LogP contribution is 2.26. The summed E-state index contributed by atoms with van der Waals surface area (Å²) in [6.45, 7) is 4.12. The molecule has 0 aliphatic heterocycles. The number of hydrazone groups is 1. The fourth-order valence-electron chi connectivity index (χ4n) is 4.31. The fourth-order valence-corrected chi connectivity index (χ4v) is 4.94. The summed E-state index contributed by atoms with van der Waals surface area (Å²) >= 11 is 9.30. The number of halogens is 2. The number of nitrogens with one attached hydrogen (secondary N) is 2. The smallest absolute Gasteiger partial charge is 0.307 e. The largest absolute Gasteiger partial charge is 0.486 e. The van der Waals surface area contributed by atoms with Gasteiger partial charge in [-0.1, -0.05) is 11.6 Å². The molecule has 0 fully saturated rings. The Bertz CT molecular complexity index is 1780. The second kappa shape index (κ2) is 14.1. The van der Waals surface area contributed by atoms with Crippen LogP contribution in [0, 0.1) is 13.8 Å². The third kappa shape index (κ3) is 7.97. The molecule has 11 heteroatoms. The third-order valence-corrected chi connectivity index (χ3v) is 7.33. The average Bonchev–Trinajstić information content (AvgIpc) is 3.63. The maximum absolute atomic E-state index is 12.5. The second-order valence-corrected chi connectivity index (χ2v) is 11.0. The first kappa shape index (κ1) is 30.7. The minimum Gasteiger partial charge on any atom is -0.486 e. The Hall–Kier alpha value is -4.80. The Balaban J connectivity index is 1.07. The third-order valence-electron chi connectivity index (χ3n) is 6.46. The molecule has 5 aromatic rings. The molecular formula is C33H28BrClN4O5. The van der Waals surface area contributed by atoms with Gasteiger partial charge < -0.3 is 23.8 Å². The molecule has 0 unspecified atom stereocenters. The van der Waals surface area contributed by atoms with E-state index in [1.807, 2.05) is 24.3 Å². The van der Waals surface area contributed by atoms with Crippen LogP contribution in [0.15, 0.2) is 105 Å². The lowest BCUT2D eigenvalue weighted by Gasteiger charge is -2.10. The first-order chi connectivity index (χ1) is 21.2. The molecule has 2 N–H and O–H groups in total. The number of ether oxygens (including phenoxy) is 2. The van der Waals surface area contributed by atoms with E-state index in [-0.39, 0.29) is 24.9 Å². The summed E-state index contributed by atoms with van der Waals surface area (Å²) in [6.07, 6.45) is 1.48. The van der Waals surface area contributed by atoms with Gasteiger partial charge in [-0.25, -0.2) is 5.43 Å². The minimum absolute atomic E-state index is 0.108. The Labute approximate surface area is 267 Å². The fraction of sp³-hybridized carbons (Fsp3) is 0.121. The SMILES string of the molecule is Cc1ccc(C)n1-c1ccc(OCc2ccc(C(=O)N/N=C/c3ccc(OCC(=O)Nc4ccc(Cl)cc4)c(Br)c3)o2)cc1. The molecule has 2 heterocycles. The lowest BCUT2D eigenvalue weighted by atomic mass is 10.2. The van der Waals surface area contributed by atoms with E-state index < -0.39 is 5.91 Å². The van der Waals surface area contributed by atoms with E-state index in [9.17, 15) is 9.59 Å². The van der Waals surface area contributed by atoms with Crippen molar-refractivity contribution >= 4 is 51.2 Å². The van der Waals surface area contributed by atoms with Gasteiger partial charge >= 0.3 is 5.91 Å². The number of amides is 2. The van der Waals surface area contributed by atoms with Crippen molar-refractivity contribution in [2.24, 2.45) is 5.10 Å². The molecule has 3 aromatic carbocycles. The molecular weight excluding hydrogens is 648 g/mol. The maximum Gasteiger partial charge on any atom is 0.307 e. The Kier molecular flexibility index (Phi) is 9.83. The molecule has 5 rings (SSSR count). The summed E-state index contributed by atoms with van der Waals surface area (Å²) < 4.78 is 19.9. The summed E-state index contributed by atoms with van der Waals surface area (Å²) in [5.41, 5.74) is 7.14. The van der Waals surface area contributed by atoms with E-state index in [0.29, 0.717) is 38.0 Å². The van der Waals surface area contributed by atoms with Gasteiger partial charge in [0.1, 0.15) is 23.9 Å². The molecule has 0 spiro atoms. The van der Waals surface area contributed by atoms with Crippen molar-refractivity contribution in [2.45, 2.75) is 20.5 Å². The quantitative estimate of drug-likeness (QED) is 0.112. The molecule has 0 aliphatic rings. The summed E-state index contributed by atoms with van der Waals surface area (Å²) in [6, 6.07) is 27.2. The van der Waals surface area contributed by atoms with Crippen LogP contribution in [0.25, 0.3) is 5.69 Å². The van der Waals surface area contributed by atoms with E-state index in [1.165, 1.54) is 6.21 Å².